The number of piperidine rings is 1. The number of halogens is 3. The molecule has 0 radical (unpaired) electrons. The number of aromatic nitrogens is 3. The Kier molecular flexibility index (Phi) is 6.24. The fourth-order valence-electron chi connectivity index (χ4n) is 3.93. The van der Waals surface area contributed by atoms with Crippen LogP contribution in [-0.2, 0) is 6.18 Å². The second-order valence-electron chi connectivity index (χ2n) is 7.93. The number of nitrogens with zero attached hydrogens (tertiary/aromatic N) is 4. The number of amides is 1. The summed E-state index contributed by atoms with van der Waals surface area (Å²) >= 11 is 0. The van der Waals surface area contributed by atoms with Crippen LogP contribution in [0.1, 0.15) is 28.9 Å². The van der Waals surface area contributed by atoms with Gasteiger partial charge >= 0.3 is 6.18 Å². The third-order valence-corrected chi connectivity index (χ3v) is 5.50. The van der Waals surface area contributed by atoms with Gasteiger partial charge in [0.2, 0.25) is 0 Å². The number of rotatable bonds is 4. The molecule has 0 saturated carbocycles. The van der Waals surface area contributed by atoms with Gasteiger partial charge in [0.25, 0.3) is 5.91 Å². The Morgan fingerprint density at radius 1 is 1.12 bits per heavy atom. The molecule has 0 spiro atoms. The van der Waals surface area contributed by atoms with E-state index >= 15 is 0 Å². The summed E-state index contributed by atoms with van der Waals surface area (Å²) < 4.78 is 40.6. The van der Waals surface area contributed by atoms with E-state index in [1.807, 2.05) is 4.90 Å². The van der Waals surface area contributed by atoms with E-state index in [-0.39, 0.29) is 34.6 Å². The topological polar surface area (TPSA) is 149 Å². The van der Waals surface area contributed by atoms with Crippen LogP contribution in [0.4, 0.5) is 36.2 Å². The zero-order chi connectivity index (χ0) is 24.5. The predicted octanol–water partition coefficient (Wildman–Crippen LogP) is 2.90. The maximum absolute atomic E-state index is 13.5. The van der Waals surface area contributed by atoms with Crippen LogP contribution in [0.3, 0.4) is 0 Å². The highest BCUT2D eigenvalue weighted by atomic mass is 19.4. The van der Waals surface area contributed by atoms with E-state index in [1.165, 1.54) is 24.4 Å². The zero-order valence-corrected chi connectivity index (χ0v) is 18.0. The summed E-state index contributed by atoms with van der Waals surface area (Å²) in [6.45, 7) is 1.36. The summed E-state index contributed by atoms with van der Waals surface area (Å²) in [5.74, 6) is -1.39. The van der Waals surface area contributed by atoms with Crippen molar-refractivity contribution in [2.45, 2.75) is 25.1 Å². The standard InChI is InChI=1S/C22H23F3N8O/c23-22(24,25)14-6-2-1-5-13(14)17-19(27)32-20(28)18(31-17)21(34)30-15-10-29-8-7-16(15)33-9-3-4-12(26)11-33/h1-2,5-8,10,12H,3-4,9,11,26H2,(H,30,34)(H4,27,28,32). The van der Waals surface area contributed by atoms with Gasteiger partial charge in [-0.3, -0.25) is 9.78 Å². The molecule has 12 heteroatoms. The van der Waals surface area contributed by atoms with E-state index in [0.717, 1.165) is 25.5 Å². The van der Waals surface area contributed by atoms with Crippen molar-refractivity contribution in [3.63, 3.8) is 0 Å². The summed E-state index contributed by atoms with van der Waals surface area (Å²) in [5.41, 5.74) is 17.0. The average molecular weight is 472 g/mol. The summed E-state index contributed by atoms with van der Waals surface area (Å²) in [5, 5.41) is 2.69. The van der Waals surface area contributed by atoms with Gasteiger partial charge < -0.3 is 27.4 Å². The molecule has 1 aliphatic heterocycles. The highest BCUT2D eigenvalue weighted by Gasteiger charge is 2.34. The molecule has 1 atom stereocenters. The molecular formula is C22H23F3N8O. The van der Waals surface area contributed by atoms with Crippen molar-refractivity contribution >= 4 is 28.9 Å². The summed E-state index contributed by atoms with van der Waals surface area (Å²) in [7, 11) is 0. The second kappa shape index (κ2) is 9.14. The third-order valence-electron chi connectivity index (χ3n) is 5.50. The predicted molar refractivity (Wildman–Crippen MR) is 123 cm³/mol. The number of nitrogen functional groups attached to an aromatic ring is 2. The quantitative estimate of drug-likeness (QED) is 0.453. The van der Waals surface area contributed by atoms with Gasteiger partial charge in [-0.25, -0.2) is 9.97 Å². The van der Waals surface area contributed by atoms with Crippen molar-refractivity contribution in [3.8, 4) is 11.3 Å². The van der Waals surface area contributed by atoms with E-state index in [9.17, 15) is 18.0 Å². The number of nitrogens with two attached hydrogens (primary N) is 3. The van der Waals surface area contributed by atoms with Crippen LogP contribution in [0.5, 0.6) is 0 Å². The summed E-state index contributed by atoms with van der Waals surface area (Å²) in [6, 6.07) is 6.51. The minimum Gasteiger partial charge on any atom is -0.382 e. The lowest BCUT2D eigenvalue weighted by atomic mass is 10.0. The van der Waals surface area contributed by atoms with Gasteiger partial charge in [0.1, 0.15) is 5.69 Å². The molecule has 1 saturated heterocycles. The number of hydrogen-bond acceptors (Lipinski definition) is 8. The van der Waals surface area contributed by atoms with E-state index in [2.05, 4.69) is 20.3 Å². The summed E-state index contributed by atoms with van der Waals surface area (Å²) in [4.78, 5) is 27.1. The van der Waals surface area contributed by atoms with Crippen LogP contribution in [0.25, 0.3) is 11.3 Å². The Hall–Kier alpha value is -3.93. The number of anilines is 4. The smallest absolute Gasteiger partial charge is 0.382 e. The molecule has 2 aromatic heterocycles. The lowest BCUT2D eigenvalue weighted by Gasteiger charge is -2.33. The highest BCUT2D eigenvalue weighted by molar-refractivity contribution is 6.07. The van der Waals surface area contributed by atoms with Gasteiger partial charge in [0, 0.05) is 30.9 Å². The molecule has 7 N–H and O–H groups in total. The van der Waals surface area contributed by atoms with Crippen LogP contribution >= 0.6 is 0 Å². The van der Waals surface area contributed by atoms with Crippen LogP contribution < -0.4 is 27.4 Å². The van der Waals surface area contributed by atoms with Gasteiger partial charge in [-0.15, -0.1) is 0 Å². The maximum Gasteiger partial charge on any atom is 0.417 e. The second-order valence-corrected chi connectivity index (χ2v) is 7.93. The molecule has 34 heavy (non-hydrogen) atoms. The first-order valence-corrected chi connectivity index (χ1v) is 10.5. The van der Waals surface area contributed by atoms with E-state index in [4.69, 9.17) is 17.2 Å². The number of benzene rings is 1. The molecule has 3 heterocycles. The van der Waals surface area contributed by atoms with E-state index in [0.29, 0.717) is 17.9 Å². The SMILES string of the molecule is Nc1nc(N)c(-c2ccccc2C(F)(F)F)nc1C(=O)Nc1cnccc1N1CCCC(N)C1. The monoisotopic (exact) mass is 472 g/mol. The number of nitrogens with one attached hydrogen (secondary N) is 1. The van der Waals surface area contributed by atoms with Gasteiger partial charge in [-0.05, 0) is 25.0 Å². The Bertz CT molecular complexity index is 1220. The van der Waals surface area contributed by atoms with Crippen molar-refractivity contribution in [1.29, 1.82) is 0 Å². The molecule has 0 bridgehead atoms. The summed E-state index contributed by atoms with van der Waals surface area (Å²) in [6.07, 6.45) is 0.204. The van der Waals surface area contributed by atoms with Crippen molar-refractivity contribution in [2.24, 2.45) is 5.73 Å². The molecule has 1 aliphatic rings. The van der Waals surface area contributed by atoms with E-state index in [1.54, 1.807) is 12.3 Å². The largest absolute Gasteiger partial charge is 0.417 e. The normalized spacial score (nSPS) is 16.4. The molecule has 0 aliphatic carbocycles. The lowest BCUT2D eigenvalue weighted by molar-refractivity contribution is -0.137. The zero-order valence-electron chi connectivity index (χ0n) is 18.0. The average Bonchev–Trinajstić information content (AvgIpc) is 2.79. The van der Waals surface area contributed by atoms with Crippen LogP contribution in [0, 0.1) is 0 Å². The van der Waals surface area contributed by atoms with Crippen molar-refractivity contribution < 1.29 is 18.0 Å². The molecule has 4 rings (SSSR count). The fourth-order valence-corrected chi connectivity index (χ4v) is 3.93. The first-order valence-electron chi connectivity index (χ1n) is 10.5. The van der Waals surface area contributed by atoms with Gasteiger partial charge in [0.15, 0.2) is 17.3 Å². The molecule has 1 fully saturated rings. The Balaban J connectivity index is 1.69. The maximum atomic E-state index is 13.5. The Morgan fingerprint density at radius 3 is 2.62 bits per heavy atom. The van der Waals surface area contributed by atoms with Gasteiger partial charge in [-0.1, -0.05) is 18.2 Å². The molecular weight excluding hydrogens is 449 g/mol. The first-order chi connectivity index (χ1) is 16.1. The lowest BCUT2D eigenvalue weighted by Crippen LogP contribution is -2.43. The van der Waals surface area contributed by atoms with Crippen molar-refractivity contribution in [1.82, 2.24) is 15.0 Å². The molecule has 1 unspecified atom stereocenters. The number of hydrogen-bond donors (Lipinski definition) is 4. The number of carbonyl (C=O) groups excluding carboxylic acids is 1. The molecule has 178 valence electrons. The van der Waals surface area contributed by atoms with Crippen molar-refractivity contribution in [3.05, 3.63) is 54.0 Å². The molecule has 3 aromatic rings. The number of pyridine rings is 1. The minimum atomic E-state index is -4.66. The van der Waals surface area contributed by atoms with Crippen LogP contribution in [0.15, 0.2) is 42.7 Å². The number of carbonyl (C=O) groups is 1. The molecule has 1 amide bonds. The molecule has 1 aromatic carbocycles. The molecule has 9 nitrogen and oxygen atoms in total. The number of alkyl halides is 3. The van der Waals surface area contributed by atoms with Crippen LogP contribution in [0.2, 0.25) is 0 Å². The Labute approximate surface area is 193 Å². The fraction of sp³-hybridized carbons (Fsp3) is 0.273. The Morgan fingerprint density at radius 2 is 1.88 bits per heavy atom. The van der Waals surface area contributed by atoms with Gasteiger partial charge in [0.05, 0.1) is 23.1 Å². The van der Waals surface area contributed by atoms with Crippen LogP contribution in [-0.4, -0.2) is 40.0 Å². The van der Waals surface area contributed by atoms with Gasteiger partial charge in [-0.2, -0.15) is 13.2 Å². The minimum absolute atomic E-state index is 0.000311. The van der Waals surface area contributed by atoms with E-state index < -0.39 is 17.6 Å². The third kappa shape index (κ3) is 4.71. The first kappa shape index (κ1) is 23.2. The van der Waals surface area contributed by atoms with Crippen molar-refractivity contribution in [2.75, 3.05) is 34.8 Å². The highest BCUT2D eigenvalue weighted by Crippen LogP contribution is 2.38.